The fraction of sp³-hybridized carbons (Fsp3) is 0.444. The molecule has 0 spiro atoms. The van der Waals surface area contributed by atoms with Gasteiger partial charge in [0.25, 0.3) is 5.91 Å². The number of nitrogens with zero attached hydrogens (tertiary/aromatic N) is 2. The highest BCUT2D eigenvalue weighted by atomic mass is 19.4. The molecule has 36 heavy (non-hydrogen) atoms. The molecule has 1 amide bonds. The van der Waals surface area contributed by atoms with E-state index in [1.807, 2.05) is 32.0 Å². The van der Waals surface area contributed by atoms with Gasteiger partial charge in [0.2, 0.25) is 0 Å². The SMILES string of the molecule is COC(=O)CC12CC(NC(=O)c3nn(C(C)C)c4cccc(Cc5ccc(C(F)(F)F)cc5)c34)(C1)C2. The highest BCUT2D eigenvalue weighted by Crippen LogP contribution is 2.69. The molecule has 1 heterocycles. The number of hydrogen-bond donors (Lipinski definition) is 1. The fourth-order valence-electron chi connectivity index (χ4n) is 5.99. The number of rotatable bonds is 7. The van der Waals surface area contributed by atoms with Crippen molar-refractivity contribution in [3.63, 3.8) is 0 Å². The Morgan fingerprint density at radius 1 is 1.11 bits per heavy atom. The van der Waals surface area contributed by atoms with Crippen molar-refractivity contribution < 1.29 is 27.5 Å². The Labute approximate surface area is 206 Å². The van der Waals surface area contributed by atoms with Gasteiger partial charge in [-0.2, -0.15) is 18.3 Å². The lowest BCUT2D eigenvalue weighted by atomic mass is 9.38. The molecule has 0 aliphatic heterocycles. The van der Waals surface area contributed by atoms with E-state index in [0.29, 0.717) is 29.5 Å². The van der Waals surface area contributed by atoms with Crippen molar-refractivity contribution in [1.82, 2.24) is 15.1 Å². The molecule has 3 aromatic rings. The number of fused-ring (bicyclic) bond motifs is 1. The predicted molar refractivity (Wildman–Crippen MR) is 127 cm³/mol. The average Bonchev–Trinajstić information content (AvgIpc) is 3.17. The van der Waals surface area contributed by atoms with E-state index in [1.54, 1.807) is 4.68 Å². The molecule has 1 aromatic heterocycles. The molecule has 0 atom stereocenters. The first-order valence-corrected chi connectivity index (χ1v) is 12.0. The molecule has 6 nitrogen and oxygen atoms in total. The smallest absolute Gasteiger partial charge is 0.416 e. The minimum absolute atomic E-state index is 0.00800. The Balaban J connectivity index is 1.42. The number of aromatic nitrogens is 2. The molecule has 0 unspecified atom stereocenters. The summed E-state index contributed by atoms with van der Waals surface area (Å²) >= 11 is 0. The van der Waals surface area contributed by atoms with Gasteiger partial charge in [-0.25, -0.2) is 0 Å². The van der Waals surface area contributed by atoms with Gasteiger partial charge < -0.3 is 10.1 Å². The van der Waals surface area contributed by atoms with Crippen LogP contribution in [0.15, 0.2) is 42.5 Å². The van der Waals surface area contributed by atoms with Crippen LogP contribution >= 0.6 is 0 Å². The topological polar surface area (TPSA) is 73.2 Å². The third kappa shape index (κ3) is 4.14. The standard InChI is InChI=1S/C27H28F3N3O3/c1-16(2)33-20-6-4-5-18(11-17-7-9-19(10-8-17)27(28,29)30)22(20)23(32-33)24(35)31-26-13-25(14-26,15-26)12-21(34)36-3/h4-10,16H,11-15H2,1-3H3,(H,31,35). The molecule has 3 saturated carbocycles. The number of carbonyl (C=O) groups is 2. The van der Waals surface area contributed by atoms with Crippen LogP contribution in [0.3, 0.4) is 0 Å². The minimum Gasteiger partial charge on any atom is -0.469 e. The second-order valence-electron chi connectivity index (χ2n) is 10.6. The number of alkyl halides is 3. The van der Waals surface area contributed by atoms with E-state index in [0.717, 1.165) is 42.5 Å². The van der Waals surface area contributed by atoms with E-state index >= 15 is 0 Å². The third-order valence-electron chi connectivity index (χ3n) is 7.47. The van der Waals surface area contributed by atoms with Gasteiger partial charge in [-0.3, -0.25) is 14.3 Å². The Morgan fingerprint density at radius 3 is 2.36 bits per heavy atom. The number of nitrogens with one attached hydrogen (secondary N) is 1. The third-order valence-corrected chi connectivity index (χ3v) is 7.47. The molecular formula is C27H28F3N3O3. The van der Waals surface area contributed by atoms with Crippen molar-refractivity contribution in [2.75, 3.05) is 7.11 Å². The van der Waals surface area contributed by atoms with Crippen molar-refractivity contribution in [2.24, 2.45) is 5.41 Å². The maximum Gasteiger partial charge on any atom is 0.416 e. The summed E-state index contributed by atoms with van der Waals surface area (Å²) in [6.45, 7) is 3.96. The first kappa shape index (κ1) is 24.3. The lowest BCUT2D eigenvalue weighted by Gasteiger charge is -2.70. The number of amides is 1. The highest BCUT2D eigenvalue weighted by molar-refractivity contribution is 6.06. The maximum absolute atomic E-state index is 13.5. The first-order valence-electron chi connectivity index (χ1n) is 12.0. The molecular weight excluding hydrogens is 471 g/mol. The number of methoxy groups -OCH3 is 1. The summed E-state index contributed by atoms with van der Waals surface area (Å²) in [7, 11) is 1.38. The minimum atomic E-state index is -4.39. The summed E-state index contributed by atoms with van der Waals surface area (Å²) in [5.74, 6) is -0.505. The maximum atomic E-state index is 13.5. The lowest BCUT2D eigenvalue weighted by Crippen LogP contribution is -2.75. The Kier molecular flexibility index (Phi) is 5.65. The van der Waals surface area contributed by atoms with Crippen LogP contribution in [0, 0.1) is 5.41 Å². The van der Waals surface area contributed by atoms with Crippen LogP contribution in [0.4, 0.5) is 13.2 Å². The van der Waals surface area contributed by atoms with Crippen LogP contribution in [-0.4, -0.2) is 34.3 Å². The van der Waals surface area contributed by atoms with Crippen molar-refractivity contribution >= 4 is 22.8 Å². The number of hydrogen-bond acceptors (Lipinski definition) is 4. The van der Waals surface area contributed by atoms with Gasteiger partial charge in [0.05, 0.1) is 24.6 Å². The normalized spacial score (nSPS) is 22.8. The number of halogens is 3. The second-order valence-corrected chi connectivity index (χ2v) is 10.6. The molecule has 6 rings (SSSR count). The van der Waals surface area contributed by atoms with Gasteiger partial charge in [0.15, 0.2) is 5.69 Å². The van der Waals surface area contributed by atoms with Gasteiger partial charge in [0.1, 0.15) is 0 Å². The molecule has 3 aliphatic carbocycles. The van der Waals surface area contributed by atoms with Crippen molar-refractivity contribution in [3.8, 4) is 0 Å². The van der Waals surface area contributed by atoms with Crippen LogP contribution < -0.4 is 5.32 Å². The number of ether oxygens (including phenoxy) is 1. The largest absolute Gasteiger partial charge is 0.469 e. The number of carbonyl (C=O) groups excluding carboxylic acids is 2. The van der Waals surface area contributed by atoms with E-state index in [1.165, 1.54) is 19.2 Å². The van der Waals surface area contributed by atoms with E-state index in [4.69, 9.17) is 4.74 Å². The summed E-state index contributed by atoms with van der Waals surface area (Å²) in [5, 5.41) is 8.52. The van der Waals surface area contributed by atoms with Gasteiger partial charge in [0, 0.05) is 17.0 Å². The van der Waals surface area contributed by atoms with E-state index in [9.17, 15) is 22.8 Å². The molecule has 0 radical (unpaired) electrons. The molecule has 3 aliphatic rings. The van der Waals surface area contributed by atoms with Gasteiger partial charge in [-0.05, 0) is 74.3 Å². The van der Waals surface area contributed by atoms with Crippen LogP contribution in [-0.2, 0) is 22.1 Å². The molecule has 3 fully saturated rings. The highest BCUT2D eigenvalue weighted by Gasteiger charge is 2.69. The zero-order valence-corrected chi connectivity index (χ0v) is 20.4. The second kappa shape index (κ2) is 8.35. The summed E-state index contributed by atoms with van der Waals surface area (Å²) in [5.41, 5.74) is 1.56. The first-order chi connectivity index (χ1) is 16.9. The Hall–Kier alpha value is -3.36. The summed E-state index contributed by atoms with van der Waals surface area (Å²) in [6.07, 6.45) is -1.44. The van der Waals surface area contributed by atoms with E-state index in [-0.39, 0.29) is 28.9 Å². The van der Waals surface area contributed by atoms with Crippen molar-refractivity contribution in [2.45, 2.75) is 63.7 Å². The van der Waals surface area contributed by atoms with Crippen LogP contribution in [0.2, 0.25) is 0 Å². The van der Waals surface area contributed by atoms with E-state index in [2.05, 4.69) is 10.4 Å². The van der Waals surface area contributed by atoms with Crippen molar-refractivity contribution in [1.29, 1.82) is 0 Å². The summed E-state index contributed by atoms with van der Waals surface area (Å²) < 4.78 is 45.5. The van der Waals surface area contributed by atoms with Crippen molar-refractivity contribution in [3.05, 3.63) is 64.8 Å². The van der Waals surface area contributed by atoms with Gasteiger partial charge >= 0.3 is 12.1 Å². The van der Waals surface area contributed by atoms with Gasteiger partial charge in [-0.1, -0.05) is 24.3 Å². The molecule has 2 aromatic carbocycles. The van der Waals surface area contributed by atoms with Crippen LogP contribution in [0.1, 0.15) is 72.8 Å². The zero-order valence-electron chi connectivity index (χ0n) is 20.4. The Bertz CT molecular complexity index is 1320. The number of benzene rings is 2. The molecule has 9 heteroatoms. The lowest BCUT2D eigenvalue weighted by molar-refractivity contribution is -0.175. The van der Waals surface area contributed by atoms with E-state index < -0.39 is 11.7 Å². The number of esters is 1. The molecule has 1 N–H and O–H groups in total. The fourth-order valence-corrected chi connectivity index (χ4v) is 5.99. The molecule has 2 bridgehead atoms. The van der Waals surface area contributed by atoms with Crippen LogP contribution in [0.5, 0.6) is 0 Å². The average molecular weight is 500 g/mol. The zero-order chi connectivity index (χ0) is 25.9. The van der Waals surface area contributed by atoms with Gasteiger partial charge in [-0.15, -0.1) is 0 Å². The quantitative estimate of drug-likeness (QED) is 0.439. The summed E-state index contributed by atoms with van der Waals surface area (Å²) in [6, 6.07) is 10.8. The van der Waals surface area contributed by atoms with Crippen LogP contribution in [0.25, 0.3) is 10.9 Å². The monoisotopic (exact) mass is 499 g/mol. The molecule has 0 saturated heterocycles. The molecule has 190 valence electrons. The summed E-state index contributed by atoms with van der Waals surface area (Å²) in [4.78, 5) is 25.1. The Morgan fingerprint density at radius 2 is 1.78 bits per heavy atom. The predicted octanol–water partition coefficient (Wildman–Crippen LogP) is 5.44.